The molecule has 2 N–H and O–H groups in total. The largest absolute Gasteiger partial charge is 0.338 e. The molecule has 0 heterocycles. The van der Waals surface area contributed by atoms with Crippen LogP contribution < -0.4 is 10.6 Å². The summed E-state index contributed by atoms with van der Waals surface area (Å²) in [5.41, 5.74) is 1.09. The van der Waals surface area contributed by atoms with Gasteiger partial charge in [0.2, 0.25) is 0 Å². The lowest BCUT2D eigenvalue weighted by Gasteiger charge is -2.18. The van der Waals surface area contributed by atoms with E-state index >= 15 is 0 Å². The van der Waals surface area contributed by atoms with Gasteiger partial charge in [0.25, 0.3) is 0 Å². The van der Waals surface area contributed by atoms with E-state index < -0.39 is 0 Å². The Bertz CT molecular complexity index is 401. The lowest BCUT2D eigenvalue weighted by atomic mass is 10.1. The van der Waals surface area contributed by atoms with Gasteiger partial charge in [-0.3, -0.25) is 0 Å². The second-order valence-electron chi connectivity index (χ2n) is 4.81. The lowest BCUT2D eigenvalue weighted by Crippen LogP contribution is -2.38. The summed E-state index contributed by atoms with van der Waals surface area (Å²) in [5.74, 6) is 0.700. The van der Waals surface area contributed by atoms with Gasteiger partial charge >= 0.3 is 6.03 Å². The molecular formula is C14H19ClN2O. The van der Waals surface area contributed by atoms with E-state index in [1.54, 1.807) is 0 Å². The predicted molar refractivity (Wildman–Crippen MR) is 73.7 cm³/mol. The topological polar surface area (TPSA) is 41.1 Å². The van der Waals surface area contributed by atoms with Crippen LogP contribution in [0.2, 0.25) is 5.02 Å². The van der Waals surface area contributed by atoms with E-state index in [0.29, 0.717) is 10.9 Å². The zero-order valence-electron chi connectivity index (χ0n) is 10.6. The zero-order valence-corrected chi connectivity index (χ0v) is 11.3. The molecule has 1 aliphatic rings. The fourth-order valence-electron chi connectivity index (χ4n) is 1.88. The minimum atomic E-state index is -0.0799. The molecule has 1 aromatic rings. The van der Waals surface area contributed by atoms with Crippen molar-refractivity contribution in [3.8, 4) is 0 Å². The van der Waals surface area contributed by atoms with E-state index in [1.165, 1.54) is 12.8 Å². The van der Waals surface area contributed by atoms with Crippen molar-refractivity contribution < 1.29 is 4.79 Å². The molecule has 0 radical (unpaired) electrons. The molecule has 1 aromatic carbocycles. The van der Waals surface area contributed by atoms with E-state index in [0.717, 1.165) is 18.5 Å². The molecular weight excluding hydrogens is 248 g/mol. The Morgan fingerprint density at radius 2 is 2.06 bits per heavy atom. The first kappa shape index (κ1) is 13.2. The van der Waals surface area contributed by atoms with Gasteiger partial charge < -0.3 is 10.6 Å². The van der Waals surface area contributed by atoms with Crippen LogP contribution in [-0.4, -0.2) is 12.6 Å². The molecule has 0 spiro atoms. The minimum Gasteiger partial charge on any atom is -0.338 e. The van der Waals surface area contributed by atoms with Crippen LogP contribution in [0.5, 0.6) is 0 Å². The normalized spacial score (nSPS) is 16.1. The Kier molecular flexibility index (Phi) is 4.48. The number of urea groups is 1. The van der Waals surface area contributed by atoms with E-state index in [-0.39, 0.29) is 12.1 Å². The monoisotopic (exact) mass is 266 g/mol. The molecule has 2 rings (SSSR count). The average molecular weight is 267 g/mol. The second-order valence-corrected chi connectivity index (χ2v) is 5.25. The third kappa shape index (κ3) is 3.91. The molecule has 0 saturated heterocycles. The van der Waals surface area contributed by atoms with E-state index in [1.807, 2.05) is 24.3 Å². The van der Waals surface area contributed by atoms with Gasteiger partial charge in [-0.1, -0.05) is 30.7 Å². The molecule has 0 unspecified atom stereocenters. The summed E-state index contributed by atoms with van der Waals surface area (Å²) in [6.45, 7) is 2.85. The summed E-state index contributed by atoms with van der Waals surface area (Å²) in [6.07, 6.45) is 3.35. The fourth-order valence-corrected chi connectivity index (χ4v) is 2.01. The number of carbonyl (C=O) groups excluding carboxylic acids is 1. The van der Waals surface area contributed by atoms with E-state index in [2.05, 4.69) is 17.6 Å². The first-order valence-corrected chi connectivity index (χ1v) is 6.86. The first-order chi connectivity index (χ1) is 8.69. The van der Waals surface area contributed by atoms with Crippen molar-refractivity contribution in [2.24, 2.45) is 5.92 Å². The molecule has 1 atom stereocenters. The summed E-state index contributed by atoms with van der Waals surface area (Å²) < 4.78 is 0. The third-order valence-corrected chi connectivity index (χ3v) is 3.49. The van der Waals surface area contributed by atoms with Gasteiger partial charge in [0.15, 0.2) is 0 Å². The van der Waals surface area contributed by atoms with Crippen LogP contribution in [0, 0.1) is 5.92 Å². The summed E-state index contributed by atoms with van der Waals surface area (Å²) in [7, 11) is 0. The maximum absolute atomic E-state index is 11.7. The van der Waals surface area contributed by atoms with E-state index in [4.69, 9.17) is 11.6 Å². The van der Waals surface area contributed by atoms with Crippen LogP contribution in [0.1, 0.15) is 37.8 Å². The summed E-state index contributed by atoms with van der Waals surface area (Å²) >= 11 is 5.86. The molecule has 1 aliphatic carbocycles. The van der Waals surface area contributed by atoms with Crippen molar-refractivity contribution in [2.45, 2.75) is 32.2 Å². The molecule has 2 amide bonds. The lowest BCUT2D eigenvalue weighted by molar-refractivity contribution is 0.236. The number of carbonyl (C=O) groups is 1. The molecule has 18 heavy (non-hydrogen) atoms. The first-order valence-electron chi connectivity index (χ1n) is 6.49. The van der Waals surface area contributed by atoms with Gasteiger partial charge in [0.1, 0.15) is 0 Å². The SMILES string of the molecule is CC[C@@H](NC(=O)NCC1CC1)c1ccc(Cl)cc1. The van der Waals surface area contributed by atoms with Crippen LogP contribution in [0.25, 0.3) is 0 Å². The second kappa shape index (κ2) is 6.10. The number of hydrogen-bond acceptors (Lipinski definition) is 1. The van der Waals surface area contributed by atoms with Crippen LogP contribution >= 0.6 is 11.6 Å². The van der Waals surface area contributed by atoms with Crippen LogP contribution in [0.3, 0.4) is 0 Å². The van der Waals surface area contributed by atoms with Crippen molar-refractivity contribution in [3.63, 3.8) is 0 Å². The van der Waals surface area contributed by atoms with Crippen molar-refractivity contribution in [1.29, 1.82) is 0 Å². The Balaban J connectivity index is 1.87. The molecule has 3 nitrogen and oxygen atoms in total. The minimum absolute atomic E-state index is 0.0430. The van der Waals surface area contributed by atoms with Crippen molar-refractivity contribution in [1.82, 2.24) is 10.6 Å². The standard InChI is InChI=1S/C14H19ClN2O/c1-2-13(11-5-7-12(15)8-6-11)17-14(18)16-9-10-3-4-10/h5-8,10,13H,2-4,9H2,1H3,(H2,16,17,18)/t13-/m1/s1. The Hall–Kier alpha value is -1.22. The maximum Gasteiger partial charge on any atom is 0.315 e. The highest BCUT2D eigenvalue weighted by atomic mass is 35.5. The summed E-state index contributed by atoms with van der Waals surface area (Å²) in [4.78, 5) is 11.7. The molecule has 4 heteroatoms. The van der Waals surface area contributed by atoms with Crippen LogP contribution in [-0.2, 0) is 0 Å². The van der Waals surface area contributed by atoms with Crippen molar-refractivity contribution in [2.75, 3.05) is 6.54 Å². The molecule has 0 bridgehead atoms. The number of hydrogen-bond donors (Lipinski definition) is 2. The van der Waals surface area contributed by atoms with Gasteiger partial charge in [-0.15, -0.1) is 0 Å². The quantitative estimate of drug-likeness (QED) is 0.841. The maximum atomic E-state index is 11.7. The number of amides is 2. The van der Waals surface area contributed by atoms with Gasteiger partial charge in [0.05, 0.1) is 6.04 Å². The Morgan fingerprint density at radius 1 is 1.39 bits per heavy atom. The summed E-state index contributed by atoms with van der Waals surface area (Å²) in [6, 6.07) is 7.58. The Labute approximate surface area is 113 Å². The number of benzene rings is 1. The van der Waals surface area contributed by atoms with Crippen molar-refractivity contribution >= 4 is 17.6 Å². The van der Waals surface area contributed by atoms with Gasteiger partial charge in [-0.2, -0.15) is 0 Å². The molecule has 1 saturated carbocycles. The highest BCUT2D eigenvalue weighted by Gasteiger charge is 2.22. The van der Waals surface area contributed by atoms with Crippen molar-refractivity contribution in [3.05, 3.63) is 34.9 Å². The third-order valence-electron chi connectivity index (χ3n) is 3.23. The number of halogens is 1. The highest BCUT2D eigenvalue weighted by Crippen LogP contribution is 2.27. The van der Waals surface area contributed by atoms with Crippen LogP contribution in [0.15, 0.2) is 24.3 Å². The molecule has 0 aromatic heterocycles. The van der Waals surface area contributed by atoms with E-state index in [9.17, 15) is 4.79 Å². The molecule has 1 fully saturated rings. The van der Waals surface area contributed by atoms with Gasteiger partial charge in [0, 0.05) is 11.6 Å². The average Bonchev–Trinajstić information content (AvgIpc) is 3.19. The fraction of sp³-hybridized carbons (Fsp3) is 0.500. The number of nitrogens with one attached hydrogen (secondary N) is 2. The molecule has 0 aliphatic heterocycles. The summed E-state index contributed by atoms with van der Waals surface area (Å²) in [5, 5.41) is 6.62. The predicted octanol–water partition coefficient (Wildman–Crippen LogP) is 3.50. The smallest absolute Gasteiger partial charge is 0.315 e. The molecule has 98 valence electrons. The zero-order chi connectivity index (χ0) is 13.0. The number of rotatable bonds is 5. The van der Waals surface area contributed by atoms with Gasteiger partial charge in [-0.05, 0) is 42.9 Å². The highest BCUT2D eigenvalue weighted by molar-refractivity contribution is 6.30. The van der Waals surface area contributed by atoms with Gasteiger partial charge in [-0.25, -0.2) is 4.79 Å². The Morgan fingerprint density at radius 3 is 2.61 bits per heavy atom. The van der Waals surface area contributed by atoms with Crippen LogP contribution in [0.4, 0.5) is 4.79 Å².